The number of para-hydroxylation sites is 1. The van der Waals surface area contributed by atoms with Crippen molar-refractivity contribution in [1.29, 1.82) is 0 Å². The molecule has 1 aromatic heterocycles. The van der Waals surface area contributed by atoms with E-state index in [0.717, 1.165) is 5.56 Å². The molecule has 1 N–H and O–H groups in total. The Morgan fingerprint density at radius 3 is 2.23 bits per heavy atom. The van der Waals surface area contributed by atoms with Gasteiger partial charge in [-0.3, -0.25) is 4.57 Å². The highest BCUT2D eigenvalue weighted by Gasteiger charge is 2.37. The molecule has 12 heteroatoms. The van der Waals surface area contributed by atoms with Crippen molar-refractivity contribution in [1.82, 2.24) is 14.5 Å². The number of amides is 1. The third-order valence-corrected chi connectivity index (χ3v) is 7.40. The van der Waals surface area contributed by atoms with Crippen molar-refractivity contribution in [3.8, 4) is 11.3 Å². The fourth-order valence-corrected chi connectivity index (χ4v) is 5.35. The summed E-state index contributed by atoms with van der Waals surface area (Å²) in [6.45, 7) is -0.885. The number of anilines is 1. The second kappa shape index (κ2) is 11.8. The molecule has 0 bridgehead atoms. The number of alkyl halides is 3. The zero-order chi connectivity index (χ0) is 30.0. The third kappa shape index (κ3) is 6.33. The van der Waals surface area contributed by atoms with Crippen LogP contribution in [0.3, 0.4) is 0 Å². The van der Waals surface area contributed by atoms with Gasteiger partial charge in [-0.2, -0.15) is 13.2 Å². The molecule has 2 aliphatic heterocycles. The van der Waals surface area contributed by atoms with Gasteiger partial charge in [0.25, 0.3) is 0 Å². The second-order valence-electron chi connectivity index (χ2n) is 10.3. The standard InChI is InChI=1S/C31H28F3N5O4/c32-31(33,34)20-39-26-14-8-7-13-24(26)27(22-11-5-2-6-12-22)36-29(43-39)42-30(41)37-17-15-23(16-18-37)38-19-25(35-28(38)40)21-9-3-1-4-10-21/h1-14,19,23,29H,15-18,20H2,(H,35,40)/t29-/m1/s1. The SMILES string of the molecule is O=C(O[C@H]1N=C(c2ccccc2)c2ccccc2N(CC(F)(F)F)O1)N1CCC(n2cc(-c3ccccc3)[nH]c2=O)CC1. The number of fused-ring (bicyclic) bond motifs is 1. The van der Waals surface area contributed by atoms with Crippen LogP contribution < -0.4 is 10.8 Å². The molecular weight excluding hydrogens is 563 g/mol. The molecule has 6 rings (SSSR count). The number of aliphatic imine (C=N–C) groups is 1. The van der Waals surface area contributed by atoms with Crippen molar-refractivity contribution >= 4 is 17.5 Å². The first-order valence-electron chi connectivity index (χ1n) is 13.8. The fraction of sp³-hybridized carbons (Fsp3) is 0.258. The molecule has 1 fully saturated rings. The number of hydrogen-bond acceptors (Lipinski definition) is 6. The monoisotopic (exact) mass is 591 g/mol. The van der Waals surface area contributed by atoms with Crippen molar-refractivity contribution in [2.45, 2.75) is 31.5 Å². The highest BCUT2D eigenvalue weighted by Crippen LogP contribution is 2.32. The first-order chi connectivity index (χ1) is 20.7. The van der Waals surface area contributed by atoms with E-state index in [4.69, 9.17) is 9.57 Å². The molecule has 43 heavy (non-hydrogen) atoms. The molecule has 2 aliphatic rings. The maximum Gasteiger partial charge on any atom is 0.413 e. The number of nitrogens with one attached hydrogen (secondary N) is 1. The summed E-state index contributed by atoms with van der Waals surface area (Å²) >= 11 is 0. The Labute approximate surface area is 244 Å². The number of hydrogen-bond donors (Lipinski definition) is 1. The average Bonchev–Trinajstić information content (AvgIpc) is 3.34. The maximum atomic E-state index is 13.6. The first-order valence-corrected chi connectivity index (χ1v) is 13.8. The van der Waals surface area contributed by atoms with Crippen LogP contribution in [0.4, 0.5) is 23.7 Å². The molecule has 4 aromatic rings. The number of imidazole rings is 1. The number of aromatic amines is 1. The van der Waals surface area contributed by atoms with E-state index in [0.29, 0.717) is 40.4 Å². The van der Waals surface area contributed by atoms with Crippen molar-refractivity contribution < 1.29 is 27.5 Å². The summed E-state index contributed by atoms with van der Waals surface area (Å²) in [6.07, 6.45) is -4.30. The van der Waals surface area contributed by atoms with Gasteiger partial charge in [0.05, 0.1) is 17.1 Å². The lowest BCUT2D eigenvalue weighted by Gasteiger charge is -2.32. The molecule has 3 heterocycles. The lowest BCUT2D eigenvalue weighted by Crippen LogP contribution is -2.43. The number of piperidine rings is 1. The van der Waals surface area contributed by atoms with Gasteiger partial charge < -0.3 is 14.6 Å². The van der Waals surface area contributed by atoms with Gasteiger partial charge in [0.1, 0.15) is 6.54 Å². The Balaban J connectivity index is 1.19. The molecule has 3 aromatic carbocycles. The van der Waals surface area contributed by atoms with E-state index < -0.39 is 25.2 Å². The number of aromatic nitrogens is 2. The number of halogens is 3. The van der Waals surface area contributed by atoms with E-state index in [1.54, 1.807) is 53.2 Å². The van der Waals surface area contributed by atoms with E-state index in [1.165, 1.54) is 11.0 Å². The highest BCUT2D eigenvalue weighted by molar-refractivity contribution is 6.16. The van der Waals surface area contributed by atoms with Crippen molar-refractivity contribution in [2.75, 3.05) is 24.7 Å². The Hall–Kier alpha value is -4.84. The molecule has 0 saturated carbocycles. The molecule has 0 spiro atoms. The quantitative estimate of drug-likeness (QED) is 0.319. The molecule has 0 unspecified atom stereocenters. The van der Waals surface area contributed by atoms with Crippen molar-refractivity contribution in [3.05, 3.63) is 113 Å². The van der Waals surface area contributed by atoms with Crippen LogP contribution in [-0.4, -0.2) is 58.5 Å². The number of benzene rings is 3. The minimum Gasteiger partial charge on any atom is -0.396 e. The average molecular weight is 592 g/mol. The number of hydroxylamine groups is 1. The Bertz CT molecular complexity index is 1660. The first kappa shape index (κ1) is 28.3. The van der Waals surface area contributed by atoms with E-state index >= 15 is 0 Å². The van der Waals surface area contributed by atoms with Crippen LogP contribution in [-0.2, 0) is 9.57 Å². The molecular formula is C31H28F3N5O4. The predicted octanol–water partition coefficient (Wildman–Crippen LogP) is 5.75. The molecule has 1 saturated heterocycles. The van der Waals surface area contributed by atoms with E-state index in [9.17, 15) is 22.8 Å². The largest absolute Gasteiger partial charge is 0.413 e. The maximum absolute atomic E-state index is 13.6. The Kier molecular flexibility index (Phi) is 7.76. The summed E-state index contributed by atoms with van der Waals surface area (Å²) in [6, 6.07) is 24.7. The highest BCUT2D eigenvalue weighted by atomic mass is 19.4. The zero-order valence-corrected chi connectivity index (χ0v) is 22.9. The van der Waals surface area contributed by atoms with Crippen LogP contribution in [0.5, 0.6) is 0 Å². The number of carbonyl (C=O) groups excluding carboxylic acids is 1. The lowest BCUT2D eigenvalue weighted by molar-refractivity contribution is -0.162. The molecule has 0 aliphatic carbocycles. The van der Waals surface area contributed by atoms with Gasteiger partial charge in [-0.05, 0) is 24.5 Å². The van der Waals surface area contributed by atoms with Crippen LogP contribution in [0.15, 0.2) is 101 Å². The summed E-state index contributed by atoms with van der Waals surface area (Å²) in [5, 5.41) is 0.668. The zero-order valence-electron chi connectivity index (χ0n) is 22.9. The van der Waals surface area contributed by atoms with Crippen molar-refractivity contribution in [2.24, 2.45) is 4.99 Å². The topological polar surface area (TPSA) is 92.2 Å². The van der Waals surface area contributed by atoms with Gasteiger partial charge in [-0.25, -0.2) is 24.5 Å². The summed E-state index contributed by atoms with van der Waals surface area (Å²) in [5.74, 6) is 0. The van der Waals surface area contributed by atoms with E-state index in [1.807, 2.05) is 36.4 Å². The van der Waals surface area contributed by atoms with Crippen LogP contribution in [0.1, 0.15) is 30.0 Å². The van der Waals surface area contributed by atoms with Crippen molar-refractivity contribution in [3.63, 3.8) is 0 Å². The van der Waals surface area contributed by atoms with Gasteiger partial charge in [-0.15, -0.1) is 0 Å². The smallest absolute Gasteiger partial charge is 0.396 e. The van der Waals surface area contributed by atoms with E-state index in [-0.39, 0.29) is 30.5 Å². The van der Waals surface area contributed by atoms with Crippen LogP contribution in [0.2, 0.25) is 0 Å². The van der Waals surface area contributed by atoms with Gasteiger partial charge in [0.15, 0.2) is 0 Å². The minimum absolute atomic E-state index is 0.140. The number of H-pyrrole nitrogens is 1. The fourth-order valence-electron chi connectivity index (χ4n) is 5.35. The van der Waals surface area contributed by atoms with Gasteiger partial charge >= 0.3 is 24.4 Å². The second-order valence-corrected chi connectivity index (χ2v) is 10.3. The summed E-state index contributed by atoms with van der Waals surface area (Å²) < 4.78 is 47.9. The summed E-state index contributed by atoms with van der Waals surface area (Å²) in [5.41, 5.74) is 2.87. The molecule has 1 amide bonds. The number of nitrogens with zero attached hydrogens (tertiary/aromatic N) is 4. The normalized spacial score (nSPS) is 17.7. The number of carbonyl (C=O) groups is 1. The summed E-state index contributed by atoms with van der Waals surface area (Å²) in [4.78, 5) is 40.3. The molecule has 9 nitrogen and oxygen atoms in total. The number of rotatable bonds is 5. The number of likely N-dealkylation sites (tertiary alicyclic amines) is 1. The van der Waals surface area contributed by atoms with E-state index in [2.05, 4.69) is 9.98 Å². The van der Waals surface area contributed by atoms with Gasteiger partial charge in [0.2, 0.25) is 0 Å². The Morgan fingerprint density at radius 1 is 0.930 bits per heavy atom. The lowest BCUT2D eigenvalue weighted by atomic mass is 10.0. The molecule has 222 valence electrons. The minimum atomic E-state index is -4.60. The van der Waals surface area contributed by atoms with Gasteiger partial charge in [0, 0.05) is 36.5 Å². The molecule has 1 atom stereocenters. The van der Waals surface area contributed by atoms with Crippen LogP contribution in [0, 0.1) is 0 Å². The number of ether oxygens (including phenoxy) is 1. The third-order valence-electron chi connectivity index (χ3n) is 7.40. The summed E-state index contributed by atoms with van der Waals surface area (Å²) in [7, 11) is 0. The van der Waals surface area contributed by atoms with Crippen LogP contribution in [0.25, 0.3) is 11.3 Å². The van der Waals surface area contributed by atoms with Crippen LogP contribution >= 0.6 is 0 Å². The predicted molar refractivity (Wildman–Crippen MR) is 154 cm³/mol. The molecule has 0 radical (unpaired) electrons. The van der Waals surface area contributed by atoms with Gasteiger partial charge in [-0.1, -0.05) is 78.9 Å². The Morgan fingerprint density at radius 2 is 1.56 bits per heavy atom.